The van der Waals surface area contributed by atoms with Crippen molar-refractivity contribution in [3.05, 3.63) is 40.7 Å². The fourth-order valence-electron chi connectivity index (χ4n) is 2.67. The van der Waals surface area contributed by atoms with Crippen LogP contribution in [-0.2, 0) is 4.79 Å². The van der Waals surface area contributed by atoms with Gasteiger partial charge in [-0.2, -0.15) is 0 Å². The number of amides is 1. The average molecular weight is 363 g/mol. The molecule has 0 unspecified atom stereocenters. The zero-order chi connectivity index (χ0) is 18.1. The van der Waals surface area contributed by atoms with Gasteiger partial charge in [0.1, 0.15) is 0 Å². The number of hydrogen-bond acceptors (Lipinski definition) is 4. The van der Waals surface area contributed by atoms with Gasteiger partial charge in [0.05, 0.1) is 22.3 Å². The quantitative estimate of drug-likeness (QED) is 0.853. The van der Waals surface area contributed by atoms with Crippen molar-refractivity contribution < 1.29 is 14.7 Å². The monoisotopic (exact) mass is 362 g/mol. The molecule has 0 spiro atoms. The summed E-state index contributed by atoms with van der Waals surface area (Å²) in [6.45, 7) is 3.51. The molecule has 25 heavy (non-hydrogen) atoms. The van der Waals surface area contributed by atoms with Crippen LogP contribution in [0.25, 0.3) is 5.69 Å². The molecule has 1 amide bonds. The molecule has 1 N–H and O–H groups in total. The van der Waals surface area contributed by atoms with Gasteiger partial charge in [-0.25, -0.2) is 4.68 Å². The summed E-state index contributed by atoms with van der Waals surface area (Å²) in [6, 6.07) is 7.26. The first-order chi connectivity index (χ1) is 11.9. The smallest absolute Gasteiger partial charge is 0.308 e. The first kappa shape index (κ1) is 17.4. The molecule has 2 aromatic rings. The van der Waals surface area contributed by atoms with Crippen LogP contribution in [0.2, 0.25) is 5.02 Å². The summed E-state index contributed by atoms with van der Waals surface area (Å²) >= 11 is 6.20. The highest BCUT2D eigenvalue weighted by Gasteiger charge is 2.36. The van der Waals surface area contributed by atoms with Crippen LogP contribution in [0.4, 0.5) is 0 Å². The number of carbonyl (C=O) groups is 2. The van der Waals surface area contributed by atoms with E-state index >= 15 is 0 Å². The van der Waals surface area contributed by atoms with E-state index in [0.29, 0.717) is 16.4 Å². The highest BCUT2D eigenvalue weighted by Crippen LogP contribution is 2.30. The van der Waals surface area contributed by atoms with Gasteiger partial charge in [-0.15, -0.1) is 5.10 Å². The maximum Gasteiger partial charge on any atom is 0.308 e. The molecule has 132 valence electrons. The molecule has 1 aromatic carbocycles. The van der Waals surface area contributed by atoms with Gasteiger partial charge >= 0.3 is 5.97 Å². The van der Waals surface area contributed by atoms with Gasteiger partial charge in [0.2, 0.25) is 0 Å². The molecule has 1 atom stereocenters. The first-order valence-electron chi connectivity index (χ1n) is 8.11. The van der Waals surface area contributed by atoms with Crippen LogP contribution < -0.4 is 0 Å². The lowest BCUT2D eigenvalue weighted by Gasteiger charge is -2.23. The van der Waals surface area contributed by atoms with Gasteiger partial charge in [-0.05, 0) is 31.9 Å². The Balaban J connectivity index is 1.89. The summed E-state index contributed by atoms with van der Waals surface area (Å²) < 4.78 is 1.53. The number of hydrogen-bond donors (Lipinski definition) is 1. The molecular weight excluding hydrogens is 344 g/mol. The van der Waals surface area contributed by atoms with Crippen LogP contribution in [-0.4, -0.2) is 49.5 Å². The van der Waals surface area contributed by atoms with Crippen LogP contribution in [0.3, 0.4) is 0 Å². The molecule has 8 heteroatoms. The summed E-state index contributed by atoms with van der Waals surface area (Å²) in [5.74, 6) is -1.84. The van der Waals surface area contributed by atoms with E-state index < -0.39 is 11.9 Å². The van der Waals surface area contributed by atoms with Gasteiger partial charge in [-0.1, -0.05) is 35.9 Å². The number of aromatic nitrogens is 3. The standard InChI is InChI=1S/C17H19ClN4O3/c1-10(17(24)25)9-21(12-7-8-12)16(23)15-11(2)22(20-19-15)14-6-4-3-5-13(14)18/h3-6,10,12H,7-9H2,1-2H3,(H,24,25)/t10-/m0/s1. The SMILES string of the molecule is Cc1c(C(=O)N(C[C@H](C)C(=O)O)C2CC2)nnn1-c1ccccc1Cl. The van der Waals surface area contributed by atoms with Gasteiger partial charge < -0.3 is 10.0 Å². The van der Waals surface area contributed by atoms with E-state index in [9.17, 15) is 9.59 Å². The predicted octanol–water partition coefficient (Wildman–Crippen LogP) is 2.55. The Hall–Kier alpha value is -2.41. The second-order valence-corrected chi connectivity index (χ2v) is 6.72. The Morgan fingerprint density at radius 1 is 1.40 bits per heavy atom. The summed E-state index contributed by atoms with van der Waals surface area (Å²) in [5, 5.41) is 17.7. The average Bonchev–Trinajstić information content (AvgIpc) is 3.35. The number of halogens is 1. The largest absolute Gasteiger partial charge is 0.481 e. The van der Waals surface area contributed by atoms with E-state index in [1.54, 1.807) is 30.9 Å². The molecule has 1 aliphatic carbocycles. The molecular formula is C17H19ClN4O3. The molecule has 0 saturated heterocycles. The van der Waals surface area contributed by atoms with E-state index in [1.165, 1.54) is 4.68 Å². The topological polar surface area (TPSA) is 88.3 Å². The number of carboxylic acids is 1. The van der Waals surface area contributed by atoms with Crippen LogP contribution in [0.5, 0.6) is 0 Å². The second-order valence-electron chi connectivity index (χ2n) is 6.31. The van der Waals surface area contributed by atoms with Crippen molar-refractivity contribution in [3.8, 4) is 5.69 Å². The number of nitrogens with zero attached hydrogens (tertiary/aromatic N) is 4. The van der Waals surface area contributed by atoms with E-state index in [1.807, 2.05) is 12.1 Å². The Kier molecular flexibility index (Phi) is 4.76. The molecule has 1 aromatic heterocycles. The van der Waals surface area contributed by atoms with Crippen LogP contribution in [0.15, 0.2) is 24.3 Å². The molecule has 1 saturated carbocycles. The third kappa shape index (κ3) is 3.51. The Bertz CT molecular complexity index is 816. The maximum atomic E-state index is 12.9. The Morgan fingerprint density at radius 3 is 2.68 bits per heavy atom. The van der Waals surface area contributed by atoms with E-state index in [2.05, 4.69) is 10.3 Å². The second kappa shape index (κ2) is 6.84. The van der Waals surface area contributed by atoms with Gasteiger partial charge in [0, 0.05) is 12.6 Å². The van der Waals surface area contributed by atoms with Crippen LogP contribution >= 0.6 is 11.6 Å². The molecule has 0 radical (unpaired) electrons. The Morgan fingerprint density at radius 2 is 2.08 bits per heavy atom. The van der Waals surface area contributed by atoms with Crippen molar-refractivity contribution in [1.29, 1.82) is 0 Å². The van der Waals surface area contributed by atoms with Crippen molar-refractivity contribution in [2.24, 2.45) is 5.92 Å². The van der Waals surface area contributed by atoms with Crippen molar-refractivity contribution in [3.63, 3.8) is 0 Å². The fourth-order valence-corrected chi connectivity index (χ4v) is 2.89. The lowest BCUT2D eigenvalue weighted by molar-refractivity contribution is -0.141. The Labute approximate surface area is 150 Å². The lowest BCUT2D eigenvalue weighted by Crippen LogP contribution is -2.39. The number of para-hydroxylation sites is 1. The van der Waals surface area contributed by atoms with Crippen molar-refractivity contribution in [1.82, 2.24) is 19.9 Å². The maximum absolute atomic E-state index is 12.9. The van der Waals surface area contributed by atoms with Crippen molar-refractivity contribution >= 4 is 23.5 Å². The number of carboxylic acid groups (broad SMARTS) is 1. The van der Waals surface area contributed by atoms with E-state index in [0.717, 1.165) is 12.8 Å². The van der Waals surface area contributed by atoms with Crippen LogP contribution in [0.1, 0.15) is 35.9 Å². The molecule has 7 nitrogen and oxygen atoms in total. The van der Waals surface area contributed by atoms with Gasteiger partial charge in [-0.3, -0.25) is 9.59 Å². The minimum atomic E-state index is -0.921. The molecule has 0 aliphatic heterocycles. The minimum absolute atomic E-state index is 0.0826. The zero-order valence-electron chi connectivity index (χ0n) is 14.0. The fraction of sp³-hybridized carbons (Fsp3) is 0.412. The van der Waals surface area contributed by atoms with Crippen LogP contribution in [0, 0.1) is 12.8 Å². The predicted molar refractivity (Wildman–Crippen MR) is 92.0 cm³/mol. The highest BCUT2D eigenvalue weighted by molar-refractivity contribution is 6.32. The summed E-state index contributed by atoms with van der Waals surface area (Å²) in [7, 11) is 0. The summed E-state index contributed by atoms with van der Waals surface area (Å²) in [4.78, 5) is 25.7. The normalized spacial score (nSPS) is 15.0. The molecule has 1 heterocycles. The number of rotatable bonds is 6. The number of aliphatic carboxylic acids is 1. The van der Waals surface area contributed by atoms with Gasteiger partial charge in [0.25, 0.3) is 5.91 Å². The minimum Gasteiger partial charge on any atom is -0.481 e. The number of carbonyl (C=O) groups excluding carboxylic acids is 1. The van der Waals surface area contributed by atoms with Crippen molar-refractivity contribution in [2.75, 3.05) is 6.54 Å². The van der Waals surface area contributed by atoms with E-state index in [-0.39, 0.29) is 24.2 Å². The lowest BCUT2D eigenvalue weighted by atomic mass is 10.1. The first-order valence-corrected chi connectivity index (χ1v) is 8.49. The zero-order valence-corrected chi connectivity index (χ0v) is 14.8. The van der Waals surface area contributed by atoms with Gasteiger partial charge in [0.15, 0.2) is 5.69 Å². The third-order valence-electron chi connectivity index (χ3n) is 4.32. The molecule has 0 bridgehead atoms. The molecule has 1 fully saturated rings. The summed E-state index contributed by atoms with van der Waals surface area (Å²) in [5.41, 5.74) is 1.45. The highest BCUT2D eigenvalue weighted by atomic mass is 35.5. The third-order valence-corrected chi connectivity index (χ3v) is 4.64. The molecule has 3 rings (SSSR count). The van der Waals surface area contributed by atoms with Crippen molar-refractivity contribution in [2.45, 2.75) is 32.7 Å². The number of benzene rings is 1. The molecule has 1 aliphatic rings. The van der Waals surface area contributed by atoms with E-state index in [4.69, 9.17) is 16.7 Å². The summed E-state index contributed by atoms with van der Waals surface area (Å²) in [6.07, 6.45) is 1.77.